The molecule has 1 heterocycles. The van der Waals surface area contributed by atoms with E-state index in [0.717, 1.165) is 9.09 Å². The van der Waals surface area contributed by atoms with Crippen LogP contribution >= 0.6 is 24.0 Å². The zero-order valence-electron chi connectivity index (χ0n) is 10.4. The molecule has 1 aromatic rings. The Morgan fingerprint density at radius 1 is 1.47 bits per heavy atom. The van der Waals surface area contributed by atoms with Crippen molar-refractivity contribution in [2.24, 2.45) is 5.41 Å². The van der Waals surface area contributed by atoms with Crippen LogP contribution in [0.4, 0.5) is 5.82 Å². The molecule has 0 atom stereocenters. The number of nitrogens with zero attached hydrogens (tertiary/aromatic N) is 1. The summed E-state index contributed by atoms with van der Waals surface area (Å²) in [6.07, 6.45) is 1.65. The van der Waals surface area contributed by atoms with E-state index in [4.69, 9.17) is 12.2 Å². The van der Waals surface area contributed by atoms with Crippen LogP contribution in [0.2, 0.25) is 0 Å². The number of hydrogen-bond donors (Lipinski definition) is 1. The summed E-state index contributed by atoms with van der Waals surface area (Å²) < 4.78 is 0.796. The minimum Gasteiger partial charge on any atom is -0.309 e. The smallest absolute Gasteiger partial charge is 0.230 e. The molecule has 0 aliphatic rings. The fraction of sp³-hybridized carbons (Fsp3) is 0.417. The van der Waals surface area contributed by atoms with Gasteiger partial charge in [-0.05, 0) is 19.1 Å². The predicted octanol–water partition coefficient (Wildman–Crippen LogP) is 3.51. The van der Waals surface area contributed by atoms with Gasteiger partial charge in [0.2, 0.25) is 5.91 Å². The summed E-state index contributed by atoms with van der Waals surface area (Å²) in [5.41, 5.74) is -0.438. The Bertz CT molecular complexity index is 438. The monoisotopic (exact) mass is 268 g/mol. The third kappa shape index (κ3) is 4.44. The average Bonchev–Trinajstić information content (AvgIpc) is 2.18. The molecular weight excluding hydrogens is 252 g/mol. The van der Waals surface area contributed by atoms with Gasteiger partial charge in [-0.15, -0.1) is 0 Å². The highest BCUT2D eigenvalue weighted by molar-refractivity contribution is 8.23. The number of aromatic nitrogens is 1. The number of carbonyl (C=O) groups excluding carboxylic acids is 1. The first-order valence-electron chi connectivity index (χ1n) is 5.25. The van der Waals surface area contributed by atoms with E-state index in [9.17, 15) is 4.79 Å². The molecule has 1 rings (SSSR count). The lowest BCUT2D eigenvalue weighted by Gasteiger charge is -2.18. The fourth-order valence-corrected chi connectivity index (χ4v) is 1.94. The van der Waals surface area contributed by atoms with Gasteiger partial charge in [0.15, 0.2) is 0 Å². The minimum absolute atomic E-state index is 0.0555. The van der Waals surface area contributed by atoms with Crippen LogP contribution in [0.25, 0.3) is 0 Å². The van der Waals surface area contributed by atoms with E-state index in [0.29, 0.717) is 5.82 Å². The number of carbonyl (C=O) groups is 1. The molecule has 1 aromatic heterocycles. The number of nitrogens with one attached hydrogen (secondary N) is 1. The van der Waals surface area contributed by atoms with Gasteiger partial charge in [0.05, 0.1) is 4.90 Å². The van der Waals surface area contributed by atoms with Crippen LogP contribution in [0, 0.1) is 5.41 Å². The number of anilines is 1. The van der Waals surface area contributed by atoms with E-state index < -0.39 is 5.41 Å². The third-order valence-electron chi connectivity index (χ3n) is 1.94. The highest BCUT2D eigenvalue weighted by atomic mass is 32.2. The Morgan fingerprint density at radius 3 is 2.65 bits per heavy atom. The Hall–Kier alpha value is -0.940. The van der Waals surface area contributed by atoms with E-state index in [1.807, 2.05) is 39.8 Å². The van der Waals surface area contributed by atoms with Gasteiger partial charge in [-0.3, -0.25) is 4.79 Å². The molecule has 3 nitrogen and oxygen atoms in total. The maximum atomic E-state index is 11.9. The zero-order chi connectivity index (χ0) is 13.1. The second-order valence-electron chi connectivity index (χ2n) is 4.65. The van der Waals surface area contributed by atoms with Crippen molar-refractivity contribution in [3.8, 4) is 0 Å². The van der Waals surface area contributed by atoms with Gasteiger partial charge in [0.1, 0.15) is 5.82 Å². The summed E-state index contributed by atoms with van der Waals surface area (Å²) in [6, 6.07) is 3.72. The van der Waals surface area contributed by atoms with Crippen LogP contribution in [-0.4, -0.2) is 15.1 Å². The summed E-state index contributed by atoms with van der Waals surface area (Å²) >= 11 is 6.48. The lowest BCUT2D eigenvalue weighted by Crippen LogP contribution is -2.28. The summed E-state index contributed by atoms with van der Waals surface area (Å²) in [7, 11) is 0. The number of hydrogen-bond acceptors (Lipinski definition) is 4. The molecule has 1 N–H and O–H groups in total. The highest BCUT2D eigenvalue weighted by Gasteiger charge is 2.22. The molecule has 0 radical (unpaired) electrons. The van der Waals surface area contributed by atoms with E-state index in [2.05, 4.69) is 10.3 Å². The maximum absolute atomic E-state index is 11.9. The van der Waals surface area contributed by atoms with Gasteiger partial charge in [-0.25, -0.2) is 4.98 Å². The summed E-state index contributed by atoms with van der Waals surface area (Å²) in [5.74, 6) is 0.515. The van der Waals surface area contributed by atoms with Crippen LogP contribution < -0.4 is 5.32 Å². The second-order valence-corrected chi connectivity index (χ2v) is 6.78. The van der Waals surface area contributed by atoms with Crippen LogP contribution in [0.3, 0.4) is 0 Å². The van der Waals surface area contributed by atoms with Crippen LogP contribution in [0.15, 0.2) is 23.2 Å². The molecule has 0 saturated heterocycles. The Morgan fingerprint density at radius 2 is 2.12 bits per heavy atom. The molecule has 0 unspecified atom stereocenters. The summed E-state index contributed by atoms with van der Waals surface area (Å²) in [6.45, 7) is 7.44. The molecule has 0 saturated carbocycles. The summed E-state index contributed by atoms with van der Waals surface area (Å²) in [4.78, 5) is 16.9. The molecule has 5 heteroatoms. The van der Waals surface area contributed by atoms with Crippen molar-refractivity contribution in [3.05, 3.63) is 18.3 Å². The number of amides is 1. The van der Waals surface area contributed by atoms with Crippen molar-refractivity contribution >= 4 is 39.9 Å². The van der Waals surface area contributed by atoms with Crippen LogP contribution in [0.5, 0.6) is 0 Å². The minimum atomic E-state index is -0.438. The quantitative estimate of drug-likeness (QED) is 0.658. The van der Waals surface area contributed by atoms with E-state index >= 15 is 0 Å². The normalized spacial score (nSPS) is 11.1. The molecule has 92 valence electrons. The fourth-order valence-electron chi connectivity index (χ4n) is 1.02. The largest absolute Gasteiger partial charge is 0.309 e. The van der Waals surface area contributed by atoms with Crippen molar-refractivity contribution in [3.63, 3.8) is 0 Å². The van der Waals surface area contributed by atoms with Crippen molar-refractivity contribution in [1.29, 1.82) is 0 Å². The first-order chi connectivity index (χ1) is 7.80. The van der Waals surface area contributed by atoms with Crippen LogP contribution in [0.1, 0.15) is 27.7 Å². The Labute approximate surface area is 111 Å². The summed E-state index contributed by atoms with van der Waals surface area (Å²) in [5, 5.41) is 2.83. The van der Waals surface area contributed by atoms with Gasteiger partial charge in [-0.2, -0.15) is 0 Å². The first kappa shape index (κ1) is 14.1. The lowest BCUT2D eigenvalue weighted by molar-refractivity contribution is -0.123. The SMILES string of the molecule is CC(=S)Sc1cccnc1NC(=O)C(C)(C)C. The first-order valence-corrected chi connectivity index (χ1v) is 6.48. The number of pyridine rings is 1. The predicted molar refractivity (Wildman–Crippen MR) is 76.5 cm³/mol. The van der Waals surface area contributed by atoms with Gasteiger partial charge in [0, 0.05) is 15.8 Å². The molecule has 1 amide bonds. The van der Waals surface area contributed by atoms with E-state index in [1.54, 1.807) is 6.20 Å². The van der Waals surface area contributed by atoms with Crippen LogP contribution in [-0.2, 0) is 4.79 Å². The third-order valence-corrected chi connectivity index (χ3v) is 3.02. The number of thiocarbonyl (C=S) groups is 1. The molecule has 17 heavy (non-hydrogen) atoms. The van der Waals surface area contributed by atoms with Crippen molar-refractivity contribution in [2.75, 3.05) is 5.32 Å². The lowest BCUT2D eigenvalue weighted by atomic mass is 9.96. The van der Waals surface area contributed by atoms with Gasteiger partial charge in [-0.1, -0.05) is 44.8 Å². The second kappa shape index (κ2) is 5.60. The average molecular weight is 268 g/mol. The van der Waals surface area contributed by atoms with E-state index in [1.165, 1.54) is 11.8 Å². The molecule has 0 aliphatic carbocycles. The molecular formula is C12H16N2OS2. The topological polar surface area (TPSA) is 42.0 Å². The number of rotatable bonds is 2. The molecule has 0 aromatic carbocycles. The van der Waals surface area contributed by atoms with Gasteiger partial charge < -0.3 is 5.32 Å². The van der Waals surface area contributed by atoms with Crippen molar-refractivity contribution in [2.45, 2.75) is 32.6 Å². The maximum Gasteiger partial charge on any atom is 0.230 e. The molecule has 0 aliphatic heterocycles. The molecule has 0 fully saturated rings. The standard InChI is InChI=1S/C12H16N2OS2/c1-8(16)17-9-6-5-7-13-10(9)14-11(15)12(2,3)4/h5-7H,1-4H3,(H,13,14,15). The molecule has 0 bridgehead atoms. The van der Waals surface area contributed by atoms with Gasteiger partial charge >= 0.3 is 0 Å². The Kier molecular flexibility index (Phi) is 4.65. The van der Waals surface area contributed by atoms with Gasteiger partial charge in [0.25, 0.3) is 0 Å². The van der Waals surface area contributed by atoms with Crippen molar-refractivity contribution in [1.82, 2.24) is 4.98 Å². The van der Waals surface area contributed by atoms with E-state index in [-0.39, 0.29) is 5.91 Å². The van der Waals surface area contributed by atoms with Crippen molar-refractivity contribution < 1.29 is 4.79 Å². The zero-order valence-corrected chi connectivity index (χ0v) is 12.0. The highest BCUT2D eigenvalue weighted by Crippen LogP contribution is 2.27. The number of thioether (sulfide) groups is 1. The molecule has 0 spiro atoms. The Balaban J connectivity index is 2.91.